The van der Waals surface area contributed by atoms with Gasteiger partial charge in [0, 0.05) is 6.54 Å². The molecule has 0 amide bonds. The van der Waals surface area contributed by atoms with E-state index in [-0.39, 0.29) is 5.28 Å². The summed E-state index contributed by atoms with van der Waals surface area (Å²) in [5.41, 5.74) is 0. The predicted octanol–water partition coefficient (Wildman–Crippen LogP) is -0.251. The molecule has 0 radical (unpaired) electrons. The van der Waals surface area contributed by atoms with Gasteiger partial charge < -0.3 is 15.1 Å². The van der Waals surface area contributed by atoms with Crippen LogP contribution < -0.4 is 0 Å². The molecular formula is C10H14ClN5O4. The van der Waals surface area contributed by atoms with Crippen molar-refractivity contribution in [1.82, 2.24) is 25.1 Å². The molecule has 110 valence electrons. The van der Waals surface area contributed by atoms with Gasteiger partial charge in [0.05, 0.1) is 6.04 Å². The first-order valence-corrected chi connectivity index (χ1v) is 6.48. The number of piperidine rings is 3. The fraction of sp³-hybridized carbons (Fsp3) is 0.700. The summed E-state index contributed by atoms with van der Waals surface area (Å²) in [5.74, 6) is -2.93. The molecule has 4 heterocycles. The average Bonchev–Trinajstić information content (AvgIpc) is 2.87. The fourth-order valence-electron chi connectivity index (χ4n) is 2.54. The van der Waals surface area contributed by atoms with Crippen molar-refractivity contribution in [2.24, 2.45) is 5.92 Å². The maximum absolute atomic E-state index is 9.10. The summed E-state index contributed by atoms with van der Waals surface area (Å²) in [6, 6.07) is 0.387. The lowest BCUT2D eigenvalue weighted by atomic mass is 9.84. The molecule has 4 rings (SSSR count). The smallest absolute Gasteiger partial charge is 0.414 e. The minimum Gasteiger partial charge on any atom is -0.473 e. The highest BCUT2D eigenvalue weighted by Gasteiger charge is 2.36. The van der Waals surface area contributed by atoms with Crippen molar-refractivity contribution in [2.45, 2.75) is 18.9 Å². The third-order valence-electron chi connectivity index (χ3n) is 3.51. The van der Waals surface area contributed by atoms with Crippen molar-refractivity contribution in [3.63, 3.8) is 0 Å². The van der Waals surface area contributed by atoms with Crippen LogP contribution in [0, 0.1) is 5.92 Å². The Morgan fingerprint density at radius 3 is 2.15 bits per heavy atom. The van der Waals surface area contributed by atoms with E-state index in [2.05, 4.69) is 20.3 Å². The van der Waals surface area contributed by atoms with Crippen LogP contribution in [0.15, 0.2) is 0 Å². The molecule has 10 heteroatoms. The highest BCUT2D eigenvalue weighted by molar-refractivity contribution is 6.28. The van der Waals surface area contributed by atoms with Gasteiger partial charge in [0.1, 0.15) is 0 Å². The van der Waals surface area contributed by atoms with Gasteiger partial charge in [0.2, 0.25) is 0 Å². The van der Waals surface area contributed by atoms with Gasteiger partial charge in [-0.2, -0.15) is 4.80 Å². The van der Waals surface area contributed by atoms with E-state index in [1.165, 1.54) is 25.9 Å². The van der Waals surface area contributed by atoms with Crippen molar-refractivity contribution in [1.29, 1.82) is 0 Å². The molecule has 3 saturated heterocycles. The Morgan fingerprint density at radius 1 is 1.20 bits per heavy atom. The Balaban J connectivity index is 0.000000212. The normalized spacial score (nSPS) is 27.6. The largest absolute Gasteiger partial charge is 0.473 e. The van der Waals surface area contributed by atoms with E-state index in [0.29, 0.717) is 12.0 Å². The van der Waals surface area contributed by atoms with Crippen LogP contribution in [-0.4, -0.2) is 66.9 Å². The van der Waals surface area contributed by atoms with E-state index >= 15 is 0 Å². The molecule has 0 aromatic carbocycles. The third-order valence-corrected chi connectivity index (χ3v) is 3.66. The van der Waals surface area contributed by atoms with Crippen LogP contribution in [0.3, 0.4) is 0 Å². The molecule has 20 heavy (non-hydrogen) atoms. The molecule has 3 aliphatic rings. The second-order valence-electron chi connectivity index (χ2n) is 4.69. The molecule has 0 saturated carbocycles. The molecule has 0 spiro atoms. The summed E-state index contributed by atoms with van der Waals surface area (Å²) >= 11 is 5.66. The second-order valence-corrected chi connectivity index (χ2v) is 5.03. The lowest BCUT2D eigenvalue weighted by molar-refractivity contribution is -0.159. The number of hydrogen-bond acceptors (Lipinski definition) is 6. The van der Waals surface area contributed by atoms with E-state index in [0.717, 1.165) is 6.54 Å². The highest BCUT2D eigenvalue weighted by atomic mass is 35.5. The molecule has 9 nitrogen and oxygen atoms in total. The summed E-state index contributed by atoms with van der Waals surface area (Å²) in [6.45, 7) is 3.50. The number of rotatable bonds is 1. The number of aromatic nitrogens is 4. The first-order chi connectivity index (χ1) is 9.47. The molecule has 3 fully saturated rings. The van der Waals surface area contributed by atoms with Gasteiger partial charge in [0.25, 0.3) is 5.28 Å². The molecule has 1 aromatic rings. The predicted molar refractivity (Wildman–Crippen MR) is 66.3 cm³/mol. The van der Waals surface area contributed by atoms with E-state index in [9.17, 15) is 0 Å². The number of fused-ring (bicyclic) bond motifs is 3. The summed E-state index contributed by atoms with van der Waals surface area (Å²) in [5, 5.41) is 26.8. The summed E-state index contributed by atoms with van der Waals surface area (Å²) in [6.07, 6.45) is 2.51. The lowest BCUT2D eigenvalue weighted by Crippen LogP contribution is -2.48. The molecule has 1 atom stereocenters. The van der Waals surface area contributed by atoms with Crippen molar-refractivity contribution >= 4 is 23.5 Å². The number of halogens is 1. The van der Waals surface area contributed by atoms with Gasteiger partial charge >= 0.3 is 11.9 Å². The van der Waals surface area contributed by atoms with Gasteiger partial charge in [-0.1, -0.05) is 5.10 Å². The standard InChI is InChI=1S/C8H12ClN5.C2H2O4/c9-8-10-12-14(11-8)7-5-13-3-1-6(7)2-4-13;3-1(4)2(5)6/h6-7H,1-5H2;(H,3,4)(H,5,6). The maximum Gasteiger partial charge on any atom is 0.414 e. The SMILES string of the molecule is Clc1nnn(C2CN3CCC2CC3)n1.O=C(O)C(=O)O. The lowest BCUT2D eigenvalue weighted by Gasteiger charge is -2.43. The van der Waals surface area contributed by atoms with Gasteiger partial charge in [-0.25, -0.2) is 9.59 Å². The van der Waals surface area contributed by atoms with Gasteiger partial charge in [-0.3, -0.25) is 0 Å². The van der Waals surface area contributed by atoms with Crippen LogP contribution in [-0.2, 0) is 9.59 Å². The van der Waals surface area contributed by atoms with Crippen LogP contribution in [0.4, 0.5) is 0 Å². The number of aliphatic carboxylic acids is 2. The summed E-state index contributed by atoms with van der Waals surface area (Å²) in [4.78, 5) is 22.4. The molecule has 1 aromatic heterocycles. The number of carboxylic acid groups (broad SMARTS) is 2. The number of hydrogen-bond donors (Lipinski definition) is 2. The Morgan fingerprint density at radius 2 is 1.80 bits per heavy atom. The first-order valence-electron chi connectivity index (χ1n) is 6.11. The Labute approximate surface area is 119 Å². The molecule has 1 unspecified atom stereocenters. The molecular weight excluding hydrogens is 290 g/mol. The zero-order valence-corrected chi connectivity index (χ0v) is 11.3. The van der Waals surface area contributed by atoms with E-state index in [1.54, 1.807) is 4.80 Å². The average molecular weight is 304 g/mol. The minimum absolute atomic E-state index is 0.251. The minimum atomic E-state index is -1.82. The number of carbonyl (C=O) groups is 2. The van der Waals surface area contributed by atoms with E-state index < -0.39 is 11.9 Å². The molecule has 0 aliphatic carbocycles. The maximum atomic E-state index is 9.10. The fourth-order valence-corrected chi connectivity index (χ4v) is 2.65. The van der Waals surface area contributed by atoms with Gasteiger partial charge in [0.15, 0.2) is 0 Å². The number of carboxylic acids is 2. The Bertz CT molecular complexity index is 488. The topological polar surface area (TPSA) is 121 Å². The third kappa shape index (κ3) is 3.42. The van der Waals surface area contributed by atoms with Crippen molar-refractivity contribution in [3.05, 3.63) is 5.28 Å². The first kappa shape index (κ1) is 14.7. The molecule has 2 N–H and O–H groups in total. The van der Waals surface area contributed by atoms with Crippen molar-refractivity contribution in [3.8, 4) is 0 Å². The van der Waals surface area contributed by atoms with Crippen LogP contribution >= 0.6 is 11.6 Å². The summed E-state index contributed by atoms with van der Waals surface area (Å²) in [7, 11) is 0. The second kappa shape index (κ2) is 6.14. The Kier molecular flexibility index (Phi) is 4.50. The number of nitrogens with zero attached hydrogens (tertiary/aromatic N) is 5. The van der Waals surface area contributed by atoms with Crippen LogP contribution in [0.1, 0.15) is 18.9 Å². The van der Waals surface area contributed by atoms with E-state index in [1.807, 2.05) is 0 Å². The zero-order chi connectivity index (χ0) is 14.7. The van der Waals surface area contributed by atoms with Crippen LogP contribution in [0.2, 0.25) is 5.28 Å². The van der Waals surface area contributed by atoms with Gasteiger partial charge in [-0.15, -0.1) is 5.10 Å². The van der Waals surface area contributed by atoms with Crippen molar-refractivity contribution in [2.75, 3.05) is 19.6 Å². The van der Waals surface area contributed by atoms with E-state index in [4.69, 9.17) is 31.4 Å². The monoisotopic (exact) mass is 303 g/mol. The van der Waals surface area contributed by atoms with Crippen molar-refractivity contribution < 1.29 is 19.8 Å². The number of tetrazole rings is 1. The zero-order valence-electron chi connectivity index (χ0n) is 10.5. The molecule has 2 bridgehead atoms. The quantitative estimate of drug-likeness (QED) is 0.681. The van der Waals surface area contributed by atoms with Crippen LogP contribution in [0.25, 0.3) is 0 Å². The highest BCUT2D eigenvalue weighted by Crippen LogP contribution is 2.34. The van der Waals surface area contributed by atoms with Gasteiger partial charge in [-0.05, 0) is 48.7 Å². The van der Waals surface area contributed by atoms with Crippen LogP contribution in [0.5, 0.6) is 0 Å². The Hall–Kier alpha value is -1.74. The summed E-state index contributed by atoms with van der Waals surface area (Å²) < 4.78 is 0. The molecule has 3 aliphatic heterocycles.